The number of nitrogens with zero attached hydrogens (tertiary/aromatic N) is 1. The monoisotopic (exact) mass is 534 g/mol. The molecule has 2 aromatic heterocycles. The molecule has 1 amide bonds. The number of nitrogens with one attached hydrogen (secondary N) is 2. The molecule has 192 valence electrons. The number of sulfone groups is 1. The first-order chi connectivity index (χ1) is 16.8. The first kappa shape index (κ1) is 26.2. The number of nitrogens with two attached hydrogens (primary N) is 1. The van der Waals surface area contributed by atoms with Crippen LogP contribution in [-0.4, -0.2) is 47.1 Å². The number of carbonyl (C=O) groups excluding carboxylic acids is 1. The van der Waals surface area contributed by atoms with Crippen LogP contribution in [0.5, 0.6) is 0 Å². The third-order valence-corrected chi connectivity index (χ3v) is 8.71. The predicted octanol–water partition coefficient (Wildman–Crippen LogP) is 2.79. The summed E-state index contributed by atoms with van der Waals surface area (Å²) in [5.74, 6) is -0.934. The molecule has 36 heavy (non-hydrogen) atoms. The molecular formula is C24H27FN4O5S2. The molecule has 3 aromatic rings. The summed E-state index contributed by atoms with van der Waals surface area (Å²) in [4.78, 5) is 16.9. The fourth-order valence-electron chi connectivity index (χ4n) is 3.92. The summed E-state index contributed by atoms with van der Waals surface area (Å²) in [5, 5.41) is 26.9. The van der Waals surface area contributed by atoms with Gasteiger partial charge in [-0.25, -0.2) is 17.8 Å². The lowest BCUT2D eigenvalue weighted by molar-refractivity contribution is 0.0782. The lowest BCUT2D eigenvalue weighted by Gasteiger charge is -2.18. The molecule has 0 bridgehead atoms. The fourth-order valence-corrected chi connectivity index (χ4v) is 6.70. The number of pyridine rings is 1. The number of aliphatic hydroxyl groups excluding tert-OH is 1. The summed E-state index contributed by atoms with van der Waals surface area (Å²) >= 11 is 1.10. The summed E-state index contributed by atoms with van der Waals surface area (Å²) in [6, 6.07) is 10.4. The van der Waals surface area contributed by atoms with Crippen molar-refractivity contribution in [2.75, 3.05) is 16.8 Å². The molecule has 1 aliphatic heterocycles. The van der Waals surface area contributed by atoms with E-state index in [-0.39, 0.29) is 34.4 Å². The van der Waals surface area contributed by atoms with Crippen molar-refractivity contribution < 1.29 is 27.8 Å². The summed E-state index contributed by atoms with van der Waals surface area (Å²) < 4.78 is 38.2. The summed E-state index contributed by atoms with van der Waals surface area (Å²) in [5.41, 5.74) is 5.41. The molecule has 12 heteroatoms. The van der Waals surface area contributed by atoms with E-state index in [1.807, 2.05) is 0 Å². The number of rotatable bonds is 8. The Balaban J connectivity index is 1.57. The molecule has 0 aliphatic carbocycles. The van der Waals surface area contributed by atoms with Crippen LogP contribution in [0, 0.1) is 5.82 Å². The van der Waals surface area contributed by atoms with Crippen LogP contribution in [0.1, 0.15) is 48.1 Å². The quantitative estimate of drug-likeness (QED) is 0.276. The minimum Gasteiger partial charge on any atom is -0.386 e. The molecule has 3 heterocycles. The average Bonchev–Trinajstić information content (AvgIpc) is 3.35. The van der Waals surface area contributed by atoms with Gasteiger partial charge in [0.2, 0.25) is 0 Å². The number of aliphatic hydroxyl groups is 2. The lowest BCUT2D eigenvalue weighted by atomic mass is 9.96. The van der Waals surface area contributed by atoms with Gasteiger partial charge in [-0.15, -0.1) is 11.3 Å². The highest BCUT2D eigenvalue weighted by molar-refractivity contribution is 7.91. The lowest BCUT2D eigenvalue weighted by Crippen LogP contribution is -2.34. The van der Waals surface area contributed by atoms with Crippen molar-refractivity contribution in [2.24, 2.45) is 5.73 Å². The molecule has 1 saturated heterocycles. The Labute approximate surface area is 212 Å². The normalized spacial score (nSPS) is 18.2. The Morgan fingerprint density at radius 2 is 2.03 bits per heavy atom. The first-order valence-corrected chi connectivity index (χ1v) is 13.8. The summed E-state index contributed by atoms with van der Waals surface area (Å²) in [6.07, 6.45) is -0.784. The number of anilines is 2. The molecule has 2 unspecified atom stereocenters. The highest BCUT2D eigenvalue weighted by atomic mass is 32.2. The molecule has 1 aliphatic rings. The number of carbonyl (C=O) groups is 1. The second-order valence-corrected chi connectivity index (χ2v) is 12.5. The van der Waals surface area contributed by atoms with Crippen LogP contribution >= 0.6 is 11.3 Å². The zero-order chi connectivity index (χ0) is 26.3. The molecule has 2 atom stereocenters. The van der Waals surface area contributed by atoms with E-state index in [1.165, 1.54) is 18.2 Å². The van der Waals surface area contributed by atoms with Gasteiger partial charge in [0.15, 0.2) is 9.84 Å². The smallest absolute Gasteiger partial charge is 0.251 e. The summed E-state index contributed by atoms with van der Waals surface area (Å²) in [7, 11) is -3.11. The number of benzene rings is 1. The number of hydrogen-bond acceptors (Lipinski definition) is 9. The second kappa shape index (κ2) is 9.87. The van der Waals surface area contributed by atoms with Crippen LogP contribution in [0.3, 0.4) is 0 Å². The van der Waals surface area contributed by atoms with E-state index in [2.05, 4.69) is 15.6 Å². The van der Waals surface area contributed by atoms with Crippen molar-refractivity contribution in [1.82, 2.24) is 10.3 Å². The first-order valence-electron chi connectivity index (χ1n) is 11.2. The zero-order valence-electron chi connectivity index (χ0n) is 19.7. The molecule has 1 aromatic carbocycles. The van der Waals surface area contributed by atoms with Gasteiger partial charge in [-0.1, -0.05) is 18.2 Å². The van der Waals surface area contributed by atoms with E-state index >= 15 is 0 Å². The number of aromatic nitrogens is 1. The Kier molecular flexibility index (Phi) is 7.17. The Bertz CT molecular complexity index is 1400. The van der Waals surface area contributed by atoms with Crippen molar-refractivity contribution in [3.05, 3.63) is 65.1 Å². The zero-order valence-corrected chi connectivity index (χ0v) is 21.3. The van der Waals surface area contributed by atoms with Crippen LogP contribution in [0.2, 0.25) is 0 Å². The molecular weight excluding hydrogens is 507 g/mol. The van der Waals surface area contributed by atoms with Crippen molar-refractivity contribution in [2.45, 2.75) is 38.1 Å². The fraction of sp³-hybridized carbons (Fsp3) is 0.333. The number of thiophene rings is 1. The van der Waals surface area contributed by atoms with Crippen LogP contribution in [0.15, 0.2) is 42.5 Å². The van der Waals surface area contributed by atoms with Gasteiger partial charge in [-0.2, -0.15) is 0 Å². The van der Waals surface area contributed by atoms with Crippen LogP contribution < -0.4 is 16.4 Å². The highest BCUT2D eigenvalue weighted by Gasteiger charge is 2.29. The van der Waals surface area contributed by atoms with E-state index < -0.39 is 33.4 Å². The van der Waals surface area contributed by atoms with Crippen molar-refractivity contribution in [3.63, 3.8) is 0 Å². The number of halogens is 1. The molecule has 1 fully saturated rings. The standard InChI is InChI=1S/C24H27FN4O5S2/c1-24(2,32)13-6-7-15(17(25)10-13)19-11-16(21(26)30)23(35-19)29-20-5-3-4-18(28-20)22(31)27-14-8-9-36(33,34)12-14/h3-7,10-11,14,22,27,31-32H,8-9,12H2,1-2H3,(H2,26,30)(H,28,29). The topological polar surface area (TPSA) is 155 Å². The minimum absolute atomic E-state index is 0.0463. The van der Waals surface area contributed by atoms with Gasteiger partial charge < -0.3 is 21.3 Å². The van der Waals surface area contributed by atoms with Gasteiger partial charge in [0.25, 0.3) is 5.91 Å². The van der Waals surface area contributed by atoms with Crippen LogP contribution in [-0.2, 0) is 15.4 Å². The van der Waals surface area contributed by atoms with Crippen molar-refractivity contribution >= 4 is 37.9 Å². The van der Waals surface area contributed by atoms with Crippen molar-refractivity contribution in [1.29, 1.82) is 0 Å². The SMILES string of the molecule is CC(C)(O)c1ccc(-c2cc(C(N)=O)c(Nc3cccc(C(O)NC4CCS(=O)(=O)C4)n3)s2)c(F)c1. The molecule has 6 N–H and O–H groups in total. The van der Waals surface area contributed by atoms with Crippen molar-refractivity contribution in [3.8, 4) is 10.4 Å². The highest BCUT2D eigenvalue weighted by Crippen LogP contribution is 2.38. The second-order valence-electron chi connectivity index (χ2n) is 9.21. The van der Waals surface area contributed by atoms with Gasteiger partial charge >= 0.3 is 0 Å². The Morgan fingerprint density at radius 1 is 1.28 bits per heavy atom. The average molecular weight is 535 g/mol. The number of amides is 1. The largest absolute Gasteiger partial charge is 0.386 e. The third kappa shape index (κ3) is 5.90. The van der Waals surface area contributed by atoms with Crippen LogP contribution in [0.4, 0.5) is 15.2 Å². The van der Waals surface area contributed by atoms with E-state index in [0.717, 1.165) is 11.3 Å². The predicted molar refractivity (Wildman–Crippen MR) is 136 cm³/mol. The number of primary amides is 1. The van der Waals surface area contributed by atoms with Gasteiger partial charge in [0.1, 0.15) is 22.9 Å². The Morgan fingerprint density at radius 3 is 2.64 bits per heavy atom. The molecule has 0 saturated carbocycles. The van der Waals surface area contributed by atoms with E-state index in [4.69, 9.17) is 5.73 Å². The third-order valence-electron chi connectivity index (χ3n) is 5.86. The molecule has 0 spiro atoms. The van der Waals surface area contributed by atoms with Gasteiger partial charge in [0, 0.05) is 16.5 Å². The molecule has 4 rings (SSSR count). The van der Waals surface area contributed by atoms with Gasteiger partial charge in [-0.3, -0.25) is 10.1 Å². The van der Waals surface area contributed by atoms with Gasteiger partial charge in [-0.05, 0) is 50.1 Å². The van der Waals surface area contributed by atoms with Crippen LogP contribution in [0.25, 0.3) is 10.4 Å². The minimum atomic E-state index is -3.11. The van der Waals surface area contributed by atoms with E-state index in [9.17, 15) is 27.8 Å². The maximum Gasteiger partial charge on any atom is 0.251 e. The maximum atomic E-state index is 14.9. The number of hydrogen-bond donors (Lipinski definition) is 5. The van der Waals surface area contributed by atoms with Gasteiger partial charge in [0.05, 0.1) is 28.4 Å². The molecule has 0 radical (unpaired) electrons. The van der Waals surface area contributed by atoms with E-state index in [0.29, 0.717) is 27.7 Å². The maximum absolute atomic E-state index is 14.9. The molecule has 9 nitrogen and oxygen atoms in total. The van der Waals surface area contributed by atoms with E-state index in [1.54, 1.807) is 38.1 Å². The Hall–Kier alpha value is -2.90. The summed E-state index contributed by atoms with van der Waals surface area (Å²) in [6.45, 7) is 3.12.